The number of hydrogen-bond acceptors (Lipinski definition) is 3. The number of ketones is 1. The van der Waals surface area contributed by atoms with Gasteiger partial charge in [0.05, 0.1) is 5.92 Å². The number of carbonyl (C=O) groups is 1. The Labute approximate surface area is 113 Å². The fraction of sp³-hybridized carbons (Fsp3) is 0.312. The van der Waals surface area contributed by atoms with E-state index in [0.717, 1.165) is 12.0 Å². The topological polar surface area (TPSA) is 39.4 Å². The summed E-state index contributed by atoms with van der Waals surface area (Å²) >= 11 is 0. The fourth-order valence-electron chi connectivity index (χ4n) is 2.16. The molecule has 1 unspecified atom stereocenters. The fourth-order valence-corrected chi connectivity index (χ4v) is 2.16. The van der Waals surface area contributed by atoms with Gasteiger partial charge in [0.2, 0.25) is 5.78 Å². The third kappa shape index (κ3) is 3.12. The van der Waals surface area contributed by atoms with Gasteiger partial charge in [-0.15, -0.1) is 0 Å². The molecule has 1 aromatic carbocycles. The van der Waals surface area contributed by atoms with E-state index in [0.29, 0.717) is 18.1 Å². The van der Waals surface area contributed by atoms with Gasteiger partial charge in [-0.25, -0.2) is 0 Å². The first-order valence-corrected chi connectivity index (χ1v) is 6.43. The van der Waals surface area contributed by atoms with E-state index in [1.807, 2.05) is 37.3 Å². The molecular weight excluding hydrogens is 240 g/mol. The Morgan fingerprint density at radius 3 is 2.58 bits per heavy atom. The van der Waals surface area contributed by atoms with Gasteiger partial charge in [0.15, 0.2) is 5.76 Å². The molecule has 0 aliphatic heterocycles. The van der Waals surface area contributed by atoms with Gasteiger partial charge in [0, 0.05) is 7.11 Å². The van der Waals surface area contributed by atoms with Crippen LogP contribution in [0.2, 0.25) is 0 Å². The van der Waals surface area contributed by atoms with E-state index in [4.69, 9.17) is 9.15 Å². The number of benzene rings is 1. The number of rotatable bonds is 6. The smallest absolute Gasteiger partial charge is 0.205 e. The minimum absolute atomic E-state index is 0.0241. The van der Waals surface area contributed by atoms with Gasteiger partial charge >= 0.3 is 0 Å². The lowest BCUT2D eigenvalue weighted by molar-refractivity contribution is 0.0921. The second-order valence-corrected chi connectivity index (χ2v) is 4.43. The van der Waals surface area contributed by atoms with Crippen molar-refractivity contribution in [2.24, 2.45) is 0 Å². The van der Waals surface area contributed by atoms with Crippen LogP contribution in [0.5, 0.6) is 0 Å². The molecule has 0 spiro atoms. The maximum atomic E-state index is 12.5. The molecule has 19 heavy (non-hydrogen) atoms. The van der Waals surface area contributed by atoms with Crippen molar-refractivity contribution in [1.29, 1.82) is 0 Å². The Balaban J connectivity index is 2.20. The highest BCUT2D eigenvalue weighted by Gasteiger charge is 2.22. The number of furan rings is 1. The molecule has 3 nitrogen and oxygen atoms in total. The Hall–Kier alpha value is -1.87. The number of hydrogen-bond donors (Lipinski definition) is 0. The summed E-state index contributed by atoms with van der Waals surface area (Å²) in [6.45, 7) is 2.39. The Bertz CT molecular complexity index is 528. The van der Waals surface area contributed by atoms with Crippen molar-refractivity contribution >= 4 is 5.78 Å². The molecule has 2 rings (SSSR count). The van der Waals surface area contributed by atoms with Crippen molar-refractivity contribution < 1.29 is 13.9 Å². The molecule has 0 saturated heterocycles. The molecule has 0 aliphatic carbocycles. The quantitative estimate of drug-likeness (QED) is 0.740. The molecule has 0 aliphatic rings. The van der Waals surface area contributed by atoms with Gasteiger partial charge in [-0.05, 0) is 24.1 Å². The van der Waals surface area contributed by atoms with E-state index in [1.54, 1.807) is 19.2 Å². The minimum Gasteiger partial charge on any atom is -0.455 e. The van der Waals surface area contributed by atoms with E-state index in [1.165, 1.54) is 0 Å². The van der Waals surface area contributed by atoms with Crippen LogP contribution in [0.15, 0.2) is 46.9 Å². The van der Waals surface area contributed by atoms with Crippen molar-refractivity contribution in [3.8, 4) is 0 Å². The van der Waals surface area contributed by atoms with Crippen molar-refractivity contribution in [2.45, 2.75) is 25.9 Å². The van der Waals surface area contributed by atoms with Crippen LogP contribution in [0.4, 0.5) is 0 Å². The van der Waals surface area contributed by atoms with Gasteiger partial charge in [-0.3, -0.25) is 4.79 Å². The number of ether oxygens (including phenoxy) is 1. The molecule has 0 bridgehead atoms. The average Bonchev–Trinajstić information content (AvgIpc) is 2.90. The summed E-state index contributed by atoms with van der Waals surface area (Å²) in [5.41, 5.74) is 1.03. The molecule has 0 amide bonds. The van der Waals surface area contributed by atoms with Crippen LogP contribution in [0.25, 0.3) is 0 Å². The van der Waals surface area contributed by atoms with Crippen LogP contribution in [0, 0.1) is 0 Å². The van der Waals surface area contributed by atoms with E-state index < -0.39 is 0 Å². The highest BCUT2D eigenvalue weighted by Crippen LogP contribution is 2.25. The largest absolute Gasteiger partial charge is 0.455 e. The van der Waals surface area contributed by atoms with E-state index in [2.05, 4.69) is 0 Å². The lowest BCUT2D eigenvalue weighted by Crippen LogP contribution is -2.11. The Morgan fingerprint density at radius 2 is 1.95 bits per heavy atom. The predicted octanol–water partition coefficient (Wildman–Crippen LogP) is 3.80. The molecule has 1 heterocycles. The average molecular weight is 258 g/mol. The molecule has 0 N–H and O–H groups in total. The van der Waals surface area contributed by atoms with Crippen LogP contribution in [0.1, 0.15) is 41.1 Å². The van der Waals surface area contributed by atoms with Crippen molar-refractivity contribution in [1.82, 2.24) is 0 Å². The second-order valence-electron chi connectivity index (χ2n) is 4.43. The maximum Gasteiger partial charge on any atom is 0.205 e. The number of Topliss-reactive ketones (excluding diaryl/α,β-unsaturated/α-hetero) is 1. The molecule has 0 radical (unpaired) electrons. The van der Waals surface area contributed by atoms with Gasteiger partial charge in [-0.2, -0.15) is 0 Å². The van der Waals surface area contributed by atoms with Crippen LogP contribution >= 0.6 is 0 Å². The second kappa shape index (κ2) is 6.34. The maximum absolute atomic E-state index is 12.5. The molecular formula is C16H18O3. The highest BCUT2D eigenvalue weighted by molar-refractivity contribution is 5.98. The summed E-state index contributed by atoms with van der Waals surface area (Å²) in [5.74, 6) is 0.954. The van der Waals surface area contributed by atoms with Crippen LogP contribution in [0.3, 0.4) is 0 Å². The molecule has 0 fully saturated rings. The number of carbonyl (C=O) groups excluding carboxylic acids is 1. The highest BCUT2D eigenvalue weighted by atomic mass is 16.5. The van der Waals surface area contributed by atoms with Crippen LogP contribution in [-0.2, 0) is 11.3 Å². The molecule has 0 saturated carbocycles. The summed E-state index contributed by atoms with van der Waals surface area (Å²) < 4.78 is 10.5. The summed E-state index contributed by atoms with van der Waals surface area (Å²) in [6, 6.07) is 13.3. The first kappa shape index (κ1) is 13.6. The van der Waals surface area contributed by atoms with Gasteiger partial charge < -0.3 is 9.15 Å². The van der Waals surface area contributed by atoms with E-state index >= 15 is 0 Å². The zero-order chi connectivity index (χ0) is 13.7. The summed E-state index contributed by atoms with van der Waals surface area (Å²) in [5, 5.41) is 0. The monoisotopic (exact) mass is 258 g/mol. The van der Waals surface area contributed by atoms with Crippen molar-refractivity contribution in [3.05, 3.63) is 59.5 Å². The van der Waals surface area contributed by atoms with Crippen LogP contribution in [-0.4, -0.2) is 12.9 Å². The Morgan fingerprint density at radius 1 is 1.21 bits per heavy atom. The lowest BCUT2D eigenvalue weighted by atomic mass is 9.91. The third-order valence-corrected chi connectivity index (χ3v) is 3.12. The van der Waals surface area contributed by atoms with E-state index in [-0.39, 0.29) is 11.7 Å². The van der Waals surface area contributed by atoms with Crippen molar-refractivity contribution in [2.75, 3.05) is 7.11 Å². The molecule has 1 atom stereocenters. The Kier molecular flexibility index (Phi) is 4.53. The predicted molar refractivity (Wildman–Crippen MR) is 73.2 cm³/mol. The zero-order valence-electron chi connectivity index (χ0n) is 11.3. The normalized spacial score (nSPS) is 12.3. The molecule has 3 heteroatoms. The molecule has 100 valence electrons. The molecule has 2 aromatic rings. The third-order valence-electron chi connectivity index (χ3n) is 3.12. The first-order chi connectivity index (χ1) is 9.26. The number of methoxy groups -OCH3 is 1. The minimum atomic E-state index is -0.150. The summed E-state index contributed by atoms with van der Waals surface area (Å²) in [7, 11) is 1.60. The lowest BCUT2D eigenvalue weighted by Gasteiger charge is -2.12. The van der Waals surface area contributed by atoms with Gasteiger partial charge in [0.1, 0.15) is 12.4 Å². The summed E-state index contributed by atoms with van der Waals surface area (Å²) in [4.78, 5) is 12.5. The van der Waals surface area contributed by atoms with Crippen LogP contribution < -0.4 is 0 Å². The van der Waals surface area contributed by atoms with Gasteiger partial charge in [0.25, 0.3) is 0 Å². The van der Waals surface area contributed by atoms with Gasteiger partial charge in [-0.1, -0.05) is 37.3 Å². The zero-order valence-corrected chi connectivity index (χ0v) is 11.3. The summed E-state index contributed by atoms with van der Waals surface area (Å²) in [6.07, 6.45) is 0.753. The standard InChI is InChI=1S/C16H18O3/c1-3-14(12-7-5-4-6-8-12)16(17)15-10-9-13(19-15)11-18-2/h4-10,14H,3,11H2,1-2H3. The molecule has 1 aromatic heterocycles. The SMILES string of the molecule is CCC(C(=O)c1ccc(COC)o1)c1ccccc1. The van der Waals surface area contributed by atoms with Crippen molar-refractivity contribution in [3.63, 3.8) is 0 Å². The first-order valence-electron chi connectivity index (χ1n) is 6.43. The van der Waals surface area contributed by atoms with E-state index in [9.17, 15) is 4.79 Å².